The van der Waals surface area contributed by atoms with E-state index in [4.69, 9.17) is 0 Å². The smallest absolute Gasteiger partial charge is 0 e. The zero-order chi connectivity index (χ0) is 0. The molecule has 4 heteroatoms. The van der Waals surface area contributed by atoms with Crippen molar-refractivity contribution in [3.63, 3.8) is 0 Å². The van der Waals surface area contributed by atoms with Crippen LogP contribution in [0.3, 0.4) is 0 Å². The zero-order valence-electron chi connectivity index (χ0n) is 1.53. The molecule has 0 saturated carbocycles. The first-order chi connectivity index (χ1) is 0. The van der Waals surface area contributed by atoms with Gasteiger partial charge in [0.1, 0.15) is 0 Å². The van der Waals surface area contributed by atoms with Gasteiger partial charge >= 0.3 is 0 Å². The Kier molecular flexibility index (Phi) is 266. The quantitative estimate of drug-likeness (QED) is 0.591. The van der Waals surface area contributed by atoms with E-state index in [1.54, 1.807) is 0 Å². The van der Waals surface area contributed by atoms with Crippen LogP contribution in [-0.4, -0.2) is 0 Å². The summed E-state index contributed by atoms with van der Waals surface area (Å²) in [6.45, 7) is 0. The second kappa shape index (κ2) is 23.2. The van der Waals surface area contributed by atoms with Crippen LogP contribution >= 0.6 is 37.2 Å². The SMILES string of the molecule is Cl.Cl.Cl.[Au]. The van der Waals surface area contributed by atoms with Gasteiger partial charge in [0.05, 0.1) is 0 Å². The molecule has 0 aliphatic carbocycles. The minimum absolute atomic E-state index is 0. The third-order valence-corrected chi connectivity index (χ3v) is 0. The number of rotatable bonds is 0. The van der Waals surface area contributed by atoms with E-state index in [1.807, 2.05) is 0 Å². The third-order valence-electron chi connectivity index (χ3n) is 0. The maximum atomic E-state index is 0. The Morgan fingerprint density at radius 3 is 0.500 bits per heavy atom. The average Bonchev–Trinajstić information content (AvgIpc) is 0. The maximum Gasteiger partial charge on any atom is 0 e. The Hall–Kier alpha value is 1.61. The standard InChI is InChI=1S/Au.3ClH/h;3*1H. The monoisotopic (exact) mass is 305 g/mol. The van der Waals surface area contributed by atoms with Gasteiger partial charge in [-0.2, -0.15) is 0 Å². The van der Waals surface area contributed by atoms with Crippen molar-refractivity contribution >= 4 is 37.2 Å². The van der Waals surface area contributed by atoms with E-state index in [9.17, 15) is 0 Å². The summed E-state index contributed by atoms with van der Waals surface area (Å²) < 4.78 is 0. The molecule has 0 bridgehead atoms. The van der Waals surface area contributed by atoms with Crippen molar-refractivity contribution in [2.45, 2.75) is 0 Å². The minimum atomic E-state index is 0. The molecule has 0 nitrogen and oxygen atoms in total. The maximum absolute atomic E-state index is 0. The molecule has 0 aromatic carbocycles. The molecular weight excluding hydrogens is 303 g/mol. The van der Waals surface area contributed by atoms with E-state index in [0.717, 1.165) is 0 Å². The van der Waals surface area contributed by atoms with Crippen molar-refractivity contribution in [1.82, 2.24) is 0 Å². The van der Waals surface area contributed by atoms with Gasteiger partial charge < -0.3 is 0 Å². The second-order valence-corrected chi connectivity index (χ2v) is 0. The molecule has 1 radical (unpaired) electrons. The summed E-state index contributed by atoms with van der Waals surface area (Å²) >= 11 is 0. The molecule has 4 heavy (non-hydrogen) atoms. The largest absolute Gasteiger partial charge is 0.147 e. The topological polar surface area (TPSA) is 0 Å². The van der Waals surface area contributed by atoms with Crippen molar-refractivity contribution in [1.29, 1.82) is 0 Å². The number of halogens is 3. The number of hydrogen-bond acceptors (Lipinski definition) is 0. The predicted octanol–water partition coefficient (Wildman–Crippen LogP) is 1.26. The molecule has 0 aromatic heterocycles. The van der Waals surface area contributed by atoms with Gasteiger partial charge in [-0.1, -0.05) is 0 Å². The molecule has 0 amide bonds. The Morgan fingerprint density at radius 1 is 0.500 bits per heavy atom. The first-order valence-electron chi connectivity index (χ1n) is 0. The van der Waals surface area contributed by atoms with Crippen LogP contribution in [0.1, 0.15) is 0 Å². The summed E-state index contributed by atoms with van der Waals surface area (Å²) in [6.07, 6.45) is 0. The fourth-order valence-corrected chi connectivity index (χ4v) is 0. The zero-order valence-corrected chi connectivity index (χ0v) is 6.14. The third kappa shape index (κ3) is 9.49. The normalized spacial score (nSPS) is 0. The van der Waals surface area contributed by atoms with E-state index in [-0.39, 0.29) is 59.6 Å². The van der Waals surface area contributed by atoms with Gasteiger partial charge in [0.2, 0.25) is 0 Å². The van der Waals surface area contributed by atoms with Crippen LogP contribution in [0.15, 0.2) is 0 Å². The summed E-state index contributed by atoms with van der Waals surface area (Å²) in [7, 11) is 0. The van der Waals surface area contributed by atoms with E-state index in [2.05, 4.69) is 0 Å². The summed E-state index contributed by atoms with van der Waals surface area (Å²) in [5, 5.41) is 0. The Bertz CT molecular complexity index is 3.25. The molecular formula is H3AuCl3. The molecule has 0 unspecified atom stereocenters. The average molecular weight is 306 g/mol. The summed E-state index contributed by atoms with van der Waals surface area (Å²) in [5.41, 5.74) is 0. The Balaban J connectivity index is 0. The Morgan fingerprint density at radius 2 is 0.500 bits per heavy atom. The van der Waals surface area contributed by atoms with Crippen molar-refractivity contribution < 1.29 is 22.4 Å². The second-order valence-electron chi connectivity index (χ2n) is 0. The van der Waals surface area contributed by atoms with Gasteiger partial charge in [0.25, 0.3) is 0 Å². The summed E-state index contributed by atoms with van der Waals surface area (Å²) in [4.78, 5) is 0. The molecule has 0 aromatic rings. The summed E-state index contributed by atoms with van der Waals surface area (Å²) in [6, 6.07) is 0. The summed E-state index contributed by atoms with van der Waals surface area (Å²) in [5.74, 6) is 0. The van der Waals surface area contributed by atoms with Crippen molar-refractivity contribution in [3.05, 3.63) is 0 Å². The van der Waals surface area contributed by atoms with Crippen LogP contribution in [0.5, 0.6) is 0 Å². The number of hydrogen-bond donors (Lipinski definition) is 0. The molecule has 0 spiro atoms. The van der Waals surface area contributed by atoms with E-state index in [0.29, 0.717) is 0 Å². The van der Waals surface area contributed by atoms with Crippen molar-refractivity contribution in [2.75, 3.05) is 0 Å². The van der Waals surface area contributed by atoms with Crippen LogP contribution in [0.4, 0.5) is 0 Å². The van der Waals surface area contributed by atoms with Crippen molar-refractivity contribution in [2.24, 2.45) is 0 Å². The molecule has 0 saturated heterocycles. The van der Waals surface area contributed by atoms with Crippen molar-refractivity contribution in [3.8, 4) is 0 Å². The van der Waals surface area contributed by atoms with E-state index < -0.39 is 0 Å². The fourth-order valence-electron chi connectivity index (χ4n) is 0. The van der Waals surface area contributed by atoms with Crippen LogP contribution < -0.4 is 0 Å². The van der Waals surface area contributed by atoms with Crippen LogP contribution in [0, 0.1) is 0 Å². The molecule has 0 rings (SSSR count). The molecule has 0 aliphatic rings. The van der Waals surface area contributed by atoms with Gasteiger partial charge in [0.15, 0.2) is 0 Å². The first-order valence-corrected chi connectivity index (χ1v) is 0. The van der Waals surface area contributed by atoms with E-state index >= 15 is 0 Å². The van der Waals surface area contributed by atoms with Crippen LogP contribution in [0.2, 0.25) is 0 Å². The molecule has 0 aliphatic heterocycles. The minimum Gasteiger partial charge on any atom is -0.147 e. The molecule has 0 fully saturated rings. The Labute approximate surface area is 59.5 Å². The van der Waals surface area contributed by atoms with Crippen LogP contribution in [-0.2, 0) is 22.4 Å². The molecule has 0 N–H and O–H groups in total. The van der Waals surface area contributed by atoms with Gasteiger partial charge in [-0.25, -0.2) is 0 Å². The van der Waals surface area contributed by atoms with E-state index in [1.165, 1.54) is 0 Å². The first kappa shape index (κ1) is 46.0. The van der Waals surface area contributed by atoms with Gasteiger partial charge in [-0.05, 0) is 0 Å². The molecule has 0 heterocycles. The molecule has 0 atom stereocenters. The van der Waals surface area contributed by atoms with Gasteiger partial charge in [-0.3, -0.25) is 0 Å². The predicted molar refractivity (Wildman–Crippen MR) is 21.7 cm³/mol. The van der Waals surface area contributed by atoms with Gasteiger partial charge in [-0.15, -0.1) is 37.2 Å². The van der Waals surface area contributed by atoms with Gasteiger partial charge in [0, 0.05) is 22.4 Å². The van der Waals surface area contributed by atoms with Crippen LogP contribution in [0.25, 0.3) is 0 Å². The molecule has 35 valence electrons. The fraction of sp³-hybridized carbons (Fsp3) is 0.